The Hall–Kier alpha value is -2.08. The minimum Gasteiger partial charge on any atom is -0.497 e. The number of anilines is 1. The van der Waals surface area contributed by atoms with Crippen LogP contribution in [0.4, 0.5) is 5.69 Å². The van der Waals surface area contributed by atoms with Crippen LogP contribution in [0.5, 0.6) is 5.75 Å². The van der Waals surface area contributed by atoms with Crippen molar-refractivity contribution in [2.75, 3.05) is 45.2 Å². The standard InChI is InChI=1S/C23H33N3O3/c1-24(15-17-6-5-13-25-12-4-3-7-21(17)25)23(28)18-14-22(27)26(16-18)19-8-10-20(29-2)11-9-19/h8-11,17-18,21H,3-7,12-16H2,1-2H3/t17-,18+,21+/m0/s1. The van der Waals surface area contributed by atoms with E-state index in [1.165, 1.54) is 45.2 Å². The number of fused-ring (bicyclic) bond motifs is 1. The molecular formula is C23H33N3O3. The van der Waals surface area contributed by atoms with Crippen molar-refractivity contribution in [3.8, 4) is 5.75 Å². The maximum atomic E-state index is 13.1. The Labute approximate surface area is 173 Å². The lowest BCUT2D eigenvalue weighted by Gasteiger charge is -2.45. The first-order valence-electron chi connectivity index (χ1n) is 11.0. The molecule has 6 nitrogen and oxygen atoms in total. The van der Waals surface area contributed by atoms with Crippen LogP contribution < -0.4 is 9.64 Å². The predicted octanol–water partition coefficient (Wildman–Crippen LogP) is 2.77. The molecule has 3 aliphatic heterocycles. The van der Waals surface area contributed by atoms with Gasteiger partial charge < -0.3 is 19.4 Å². The van der Waals surface area contributed by atoms with Crippen LogP contribution in [0.2, 0.25) is 0 Å². The fraction of sp³-hybridized carbons (Fsp3) is 0.652. The van der Waals surface area contributed by atoms with Crippen molar-refractivity contribution >= 4 is 17.5 Å². The van der Waals surface area contributed by atoms with Crippen molar-refractivity contribution in [3.05, 3.63) is 24.3 Å². The van der Waals surface area contributed by atoms with Gasteiger partial charge in [0.15, 0.2) is 0 Å². The fourth-order valence-electron chi connectivity index (χ4n) is 5.43. The number of rotatable bonds is 5. The van der Waals surface area contributed by atoms with Crippen molar-refractivity contribution in [2.24, 2.45) is 11.8 Å². The highest BCUT2D eigenvalue weighted by Gasteiger charge is 2.38. The number of methoxy groups -OCH3 is 1. The van der Waals surface area contributed by atoms with Gasteiger partial charge in [-0.25, -0.2) is 0 Å². The topological polar surface area (TPSA) is 53.1 Å². The van der Waals surface area contributed by atoms with Crippen LogP contribution in [0, 0.1) is 11.8 Å². The Morgan fingerprint density at radius 2 is 1.90 bits per heavy atom. The molecule has 6 heteroatoms. The van der Waals surface area contributed by atoms with Crippen molar-refractivity contribution in [1.82, 2.24) is 9.80 Å². The molecule has 3 fully saturated rings. The number of carbonyl (C=O) groups excluding carboxylic acids is 2. The van der Waals surface area contributed by atoms with Gasteiger partial charge in [-0.2, -0.15) is 0 Å². The molecule has 0 aromatic heterocycles. The van der Waals surface area contributed by atoms with Crippen molar-refractivity contribution in [3.63, 3.8) is 0 Å². The van der Waals surface area contributed by atoms with Gasteiger partial charge >= 0.3 is 0 Å². The molecule has 0 aliphatic carbocycles. The van der Waals surface area contributed by atoms with Crippen LogP contribution in [0.25, 0.3) is 0 Å². The molecule has 1 aromatic rings. The molecule has 3 aliphatic rings. The highest BCUT2D eigenvalue weighted by Crippen LogP contribution is 2.32. The summed E-state index contributed by atoms with van der Waals surface area (Å²) >= 11 is 0. The number of hydrogen-bond acceptors (Lipinski definition) is 4. The van der Waals surface area contributed by atoms with Crippen molar-refractivity contribution < 1.29 is 14.3 Å². The SMILES string of the molecule is COc1ccc(N2C[C@H](C(=O)N(C)C[C@@H]3CCCN4CCCC[C@H]34)CC2=O)cc1. The van der Waals surface area contributed by atoms with Gasteiger partial charge in [-0.3, -0.25) is 9.59 Å². The molecule has 158 valence electrons. The Morgan fingerprint density at radius 1 is 1.14 bits per heavy atom. The normalized spacial score (nSPS) is 27.6. The van der Waals surface area contributed by atoms with E-state index in [4.69, 9.17) is 4.74 Å². The third-order valence-corrected chi connectivity index (χ3v) is 6.97. The molecule has 0 bridgehead atoms. The minimum atomic E-state index is -0.249. The zero-order chi connectivity index (χ0) is 20.4. The molecule has 0 N–H and O–H groups in total. The summed E-state index contributed by atoms with van der Waals surface area (Å²) in [6.07, 6.45) is 6.62. The number of benzene rings is 1. The minimum absolute atomic E-state index is 0.0260. The molecule has 0 radical (unpaired) electrons. The van der Waals surface area contributed by atoms with E-state index in [2.05, 4.69) is 4.90 Å². The highest BCUT2D eigenvalue weighted by molar-refractivity contribution is 6.00. The molecule has 3 saturated heterocycles. The van der Waals surface area contributed by atoms with E-state index in [1.807, 2.05) is 36.2 Å². The van der Waals surface area contributed by atoms with Gasteiger partial charge in [-0.15, -0.1) is 0 Å². The highest BCUT2D eigenvalue weighted by atomic mass is 16.5. The second-order valence-electron chi connectivity index (χ2n) is 8.82. The summed E-state index contributed by atoms with van der Waals surface area (Å²) in [5.74, 6) is 1.21. The average molecular weight is 400 g/mol. The van der Waals surface area contributed by atoms with E-state index in [9.17, 15) is 9.59 Å². The van der Waals surface area contributed by atoms with E-state index >= 15 is 0 Å². The van der Waals surface area contributed by atoms with Crippen molar-refractivity contribution in [2.45, 2.75) is 44.6 Å². The molecule has 29 heavy (non-hydrogen) atoms. The Kier molecular flexibility index (Phi) is 6.09. The van der Waals surface area contributed by atoms with Crippen LogP contribution in [-0.4, -0.2) is 68.0 Å². The third-order valence-electron chi connectivity index (χ3n) is 6.97. The third kappa shape index (κ3) is 4.27. The summed E-state index contributed by atoms with van der Waals surface area (Å²) in [7, 11) is 3.55. The first-order valence-corrected chi connectivity index (χ1v) is 11.0. The summed E-state index contributed by atoms with van der Waals surface area (Å²) in [6, 6.07) is 8.10. The first-order chi connectivity index (χ1) is 14.1. The largest absolute Gasteiger partial charge is 0.497 e. The maximum absolute atomic E-state index is 13.1. The lowest BCUT2D eigenvalue weighted by molar-refractivity contribution is -0.135. The average Bonchev–Trinajstić information content (AvgIpc) is 3.15. The quantitative estimate of drug-likeness (QED) is 0.764. The molecule has 0 unspecified atom stereocenters. The van der Waals surface area contributed by atoms with Crippen LogP contribution >= 0.6 is 0 Å². The van der Waals surface area contributed by atoms with E-state index in [-0.39, 0.29) is 17.7 Å². The molecule has 0 saturated carbocycles. The van der Waals surface area contributed by atoms with Crippen LogP contribution in [0.1, 0.15) is 38.5 Å². The molecule has 4 rings (SSSR count). The van der Waals surface area contributed by atoms with Gasteiger partial charge in [0.1, 0.15) is 5.75 Å². The summed E-state index contributed by atoms with van der Waals surface area (Å²) in [5, 5.41) is 0. The second kappa shape index (κ2) is 8.74. The van der Waals surface area contributed by atoms with E-state index in [1.54, 1.807) is 12.0 Å². The molecule has 0 spiro atoms. The Balaban J connectivity index is 1.36. The van der Waals surface area contributed by atoms with Gasteiger partial charge in [-0.05, 0) is 69.0 Å². The molecule has 3 atom stereocenters. The number of hydrogen-bond donors (Lipinski definition) is 0. The molecule has 3 heterocycles. The lowest BCUT2D eigenvalue weighted by atomic mass is 9.83. The summed E-state index contributed by atoms with van der Waals surface area (Å²) in [4.78, 5) is 32.0. The predicted molar refractivity (Wildman–Crippen MR) is 113 cm³/mol. The number of piperidine rings is 2. The zero-order valence-corrected chi connectivity index (χ0v) is 17.7. The van der Waals surface area contributed by atoms with Gasteiger partial charge in [0.05, 0.1) is 13.0 Å². The number of carbonyl (C=O) groups is 2. The molecular weight excluding hydrogens is 366 g/mol. The summed E-state index contributed by atoms with van der Waals surface area (Å²) in [6.45, 7) is 3.71. The number of amides is 2. The summed E-state index contributed by atoms with van der Waals surface area (Å²) < 4.78 is 5.19. The number of ether oxygens (including phenoxy) is 1. The van der Waals surface area contributed by atoms with E-state index in [0.717, 1.165) is 18.0 Å². The molecule has 2 amide bonds. The van der Waals surface area contributed by atoms with Crippen LogP contribution in [0.3, 0.4) is 0 Å². The zero-order valence-electron chi connectivity index (χ0n) is 17.7. The first kappa shape index (κ1) is 20.2. The van der Waals surface area contributed by atoms with Gasteiger partial charge in [-0.1, -0.05) is 6.42 Å². The maximum Gasteiger partial charge on any atom is 0.227 e. The van der Waals surface area contributed by atoms with Crippen molar-refractivity contribution in [1.29, 1.82) is 0 Å². The lowest BCUT2D eigenvalue weighted by Crippen LogP contribution is -2.51. The summed E-state index contributed by atoms with van der Waals surface area (Å²) in [5.41, 5.74) is 0.832. The second-order valence-corrected chi connectivity index (χ2v) is 8.82. The molecule has 1 aromatic carbocycles. The van der Waals surface area contributed by atoms with Gasteiger partial charge in [0, 0.05) is 38.3 Å². The fourth-order valence-corrected chi connectivity index (χ4v) is 5.43. The number of nitrogens with zero attached hydrogens (tertiary/aromatic N) is 3. The Morgan fingerprint density at radius 3 is 2.66 bits per heavy atom. The van der Waals surface area contributed by atoms with E-state index < -0.39 is 0 Å². The smallest absolute Gasteiger partial charge is 0.227 e. The van der Waals surface area contributed by atoms with Crippen LogP contribution in [-0.2, 0) is 9.59 Å². The Bertz CT molecular complexity index is 733. The monoisotopic (exact) mass is 399 g/mol. The van der Waals surface area contributed by atoms with Crippen LogP contribution in [0.15, 0.2) is 24.3 Å². The van der Waals surface area contributed by atoms with E-state index in [0.29, 0.717) is 24.9 Å². The van der Waals surface area contributed by atoms with Gasteiger partial charge in [0.2, 0.25) is 11.8 Å². The van der Waals surface area contributed by atoms with Gasteiger partial charge in [0.25, 0.3) is 0 Å².